The minimum Gasteiger partial charge on any atom is -0.480 e. The molecule has 0 aliphatic carbocycles. The van der Waals surface area contributed by atoms with Crippen LogP contribution in [0.4, 0.5) is 5.69 Å². The molecule has 0 saturated carbocycles. The number of nitro groups is 1. The van der Waals surface area contributed by atoms with Crippen LogP contribution in [0.1, 0.15) is 10.4 Å². The molecule has 0 unspecified atom stereocenters. The van der Waals surface area contributed by atoms with Crippen LogP contribution in [0.15, 0.2) is 18.2 Å². The lowest BCUT2D eigenvalue weighted by atomic mass is 10.2. The molecule has 8 heteroatoms. The number of benzene rings is 1. The number of amides is 1. The van der Waals surface area contributed by atoms with E-state index in [9.17, 15) is 19.7 Å². The number of likely N-dealkylation sites (N-methyl/N-ethyl adjacent to an activating group) is 1. The summed E-state index contributed by atoms with van der Waals surface area (Å²) < 4.78 is 0. The van der Waals surface area contributed by atoms with E-state index < -0.39 is 23.3 Å². The molecule has 0 spiro atoms. The van der Waals surface area contributed by atoms with Gasteiger partial charge in [-0.1, -0.05) is 11.6 Å². The summed E-state index contributed by atoms with van der Waals surface area (Å²) in [5, 5.41) is 18.9. The first-order valence-electron chi connectivity index (χ1n) is 4.74. The van der Waals surface area contributed by atoms with Crippen LogP contribution in [0.5, 0.6) is 0 Å². The molecule has 0 heterocycles. The number of aliphatic carboxylic acids is 1. The number of carbonyl (C=O) groups is 2. The summed E-state index contributed by atoms with van der Waals surface area (Å²) in [4.78, 5) is 33.0. The van der Waals surface area contributed by atoms with Gasteiger partial charge in [-0.25, -0.2) is 0 Å². The van der Waals surface area contributed by atoms with Crippen LogP contribution in [-0.4, -0.2) is 40.4 Å². The second-order valence-electron chi connectivity index (χ2n) is 3.48. The molecule has 0 aliphatic heterocycles. The third-order valence-corrected chi connectivity index (χ3v) is 2.41. The van der Waals surface area contributed by atoms with E-state index in [-0.39, 0.29) is 16.3 Å². The Morgan fingerprint density at radius 1 is 1.50 bits per heavy atom. The van der Waals surface area contributed by atoms with Gasteiger partial charge < -0.3 is 10.0 Å². The largest absolute Gasteiger partial charge is 0.480 e. The zero-order valence-corrected chi connectivity index (χ0v) is 10.0. The molecule has 7 nitrogen and oxygen atoms in total. The highest BCUT2D eigenvalue weighted by molar-refractivity contribution is 6.33. The highest BCUT2D eigenvalue weighted by Gasteiger charge is 2.18. The minimum absolute atomic E-state index is 0.0920. The van der Waals surface area contributed by atoms with Crippen molar-refractivity contribution in [2.24, 2.45) is 0 Å². The Labute approximate surface area is 107 Å². The molecule has 0 fully saturated rings. The number of carbonyl (C=O) groups excluding carboxylic acids is 1. The monoisotopic (exact) mass is 272 g/mol. The fraction of sp³-hybridized carbons (Fsp3) is 0.200. The van der Waals surface area contributed by atoms with E-state index in [0.717, 1.165) is 17.0 Å². The summed E-state index contributed by atoms with van der Waals surface area (Å²) in [7, 11) is 1.31. The SMILES string of the molecule is CN(CC(=O)O)C(=O)c1ccc([N+](=O)[O-])c(Cl)c1. The fourth-order valence-corrected chi connectivity index (χ4v) is 1.53. The average molecular weight is 273 g/mol. The molecule has 1 aromatic rings. The summed E-state index contributed by atoms with van der Waals surface area (Å²) in [6.07, 6.45) is 0. The summed E-state index contributed by atoms with van der Waals surface area (Å²) in [5.74, 6) is -1.73. The Balaban J connectivity index is 2.98. The first kappa shape index (κ1) is 13.9. The predicted octanol–water partition coefficient (Wildman–Crippen LogP) is 1.40. The maximum absolute atomic E-state index is 11.7. The van der Waals surface area contributed by atoms with Crippen LogP contribution in [0, 0.1) is 10.1 Å². The average Bonchev–Trinajstić information content (AvgIpc) is 2.26. The van der Waals surface area contributed by atoms with Crippen LogP contribution in [0.25, 0.3) is 0 Å². The predicted molar refractivity (Wildman–Crippen MR) is 62.7 cm³/mol. The Bertz CT molecular complexity index is 517. The third kappa shape index (κ3) is 3.17. The molecule has 0 saturated heterocycles. The molecule has 0 bridgehead atoms. The van der Waals surface area contributed by atoms with Gasteiger partial charge in [0, 0.05) is 18.7 Å². The lowest BCUT2D eigenvalue weighted by molar-refractivity contribution is -0.384. The Kier molecular flexibility index (Phi) is 4.22. The minimum atomic E-state index is -1.15. The lowest BCUT2D eigenvalue weighted by Crippen LogP contribution is -2.31. The molecule has 96 valence electrons. The normalized spacial score (nSPS) is 9.89. The van der Waals surface area contributed by atoms with Gasteiger partial charge in [0.1, 0.15) is 11.6 Å². The van der Waals surface area contributed by atoms with Crippen LogP contribution in [-0.2, 0) is 4.79 Å². The van der Waals surface area contributed by atoms with E-state index in [4.69, 9.17) is 16.7 Å². The van der Waals surface area contributed by atoms with Gasteiger partial charge in [0.2, 0.25) is 0 Å². The van der Waals surface area contributed by atoms with Crippen molar-refractivity contribution in [3.8, 4) is 0 Å². The molecule has 0 aromatic heterocycles. The van der Waals surface area contributed by atoms with Gasteiger partial charge >= 0.3 is 5.97 Å². The molecular formula is C10H9ClN2O5. The fourth-order valence-electron chi connectivity index (χ4n) is 1.28. The molecule has 0 radical (unpaired) electrons. The summed E-state index contributed by atoms with van der Waals surface area (Å²) in [6, 6.07) is 3.47. The van der Waals surface area contributed by atoms with Crippen LogP contribution >= 0.6 is 11.6 Å². The van der Waals surface area contributed by atoms with Gasteiger partial charge in [-0.2, -0.15) is 0 Å². The van der Waals surface area contributed by atoms with Gasteiger partial charge in [0.15, 0.2) is 0 Å². The molecule has 1 aromatic carbocycles. The van der Waals surface area contributed by atoms with Gasteiger partial charge in [-0.15, -0.1) is 0 Å². The molecule has 1 N–H and O–H groups in total. The van der Waals surface area contributed by atoms with Crippen molar-refractivity contribution in [1.82, 2.24) is 4.90 Å². The second-order valence-corrected chi connectivity index (χ2v) is 3.89. The van der Waals surface area contributed by atoms with Crippen molar-refractivity contribution in [1.29, 1.82) is 0 Å². The Morgan fingerprint density at radius 2 is 2.11 bits per heavy atom. The van der Waals surface area contributed by atoms with Crippen molar-refractivity contribution >= 4 is 29.2 Å². The second kappa shape index (κ2) is 5.46. The number of carboxylic acid groups (broad SMARTS) is 1. The van der Waals surface area contributed by atoms with E-state index in [1.54, 1.807) is 0 Å². The van der Waals surface area contributed by atoms with Gasteiger partial charge in [0.25, 0.3) is 11.6 Å². The van der Waals surface area contributed by atoms with E-state index in [1.165, 1.54) is 13.1 Å². The first-order valence-corrected chi connectivity index (χ1v) is 5.12. The maximum Gasteiger partial charge on any atom is 0.323 e. The van der Waals surface area contributed by atoms with E-state index in [2.05, 4.69) is 0 Å². The molecule has 18 heavy (non-hydrogen) atoms. The highest BCUT2D eigenvalue weighted by Crippen LogP contribution is 2.25. The van der Waals surface area contributed by atoms with Crippen molar-refractivity contribution in [3.63, 3.8) is 0 Å². The summed E-state index contributed by atoms with van der Waals surface area (Å²) >= 11 is 5.65. The van der Waals surface area contributed by atoms with Crippen LogP contribution in [0.2, 0.25) is 5.02 Å². The zero-order chi connectivity index (χ0) is 13.9. The van der Waals surface area contributed by atoms with E-state index in [0.29, 0.717) is 0 Å². The zero-order valence-electron chi connectivity index (χ0n) is 9.29. The van der Waals surface area contributed by atoms with Crippen LogP contribution < -0.4 is 0 Å². The maximum atomic E-state index is 11.7. The lowest BCUT2D eigenvalue weighted by Gasteiger charge is -2.14. The van der Waals surface area contributed by atoms with Crippen molar-refractivity contribution in [2.75, 3.05) is 13.6 Å². The Hall–Kier alpha value is -2.15. The number of halogens is 1. The molecule has 0 aliphatic rings. The standard InChI is InChI=1S/C10H9ClN2O5/c1-12(5-9(14)15)10(16)6-2-3-8(13(17)18)7(11)4-6/h2-4H,5H2,1H3,(H,14,15). The van der Waals surface area contributed by atoms with E-state index in [1.807, 2.05) is 0 Å². The summed E-state index contributed by atoms with van der Waals surface area (Å²) in [5.41, 5.74) is -0.219. The number of carboxylic acids is 1. The molecule has 1 amide bonds. The number of hydrogen-bond donors (Lipinski definition) is 1. The number of nitrogens with zero attached hydrogens (tertiary/aromatic N) is 2. The Morgan fingerprint density at radius 3 is 2.56 bits per heavy atom. The van der Waals surface area contributed by atoms with Crippen molar-refractivity contribution < 1.29 is 19.6 Å². The highest BCUT2D eigenvalue weighted by atomic mass is 35.5. The number of hydrogen-bond acceptors (Lipinski definition) is 4. The quantitative estimate of drug-likeness (QED) is 0.659. The van der Waals surface area contributed by atoms with Gasteiger partial charge in [-0.05, 0) is 12.1 Å². The summed E-state index contributed by atoms with van der Waals surface area (Å²) in [6.45, 7) is -0.465. The first-order chi connectivity index (χ1) is 8.32. The third-order valence-electron chi connectivity index (χ3n) is 2.11. The van der Waals surface area contributed by atoms with Crippen LogP contribution in [0.3, 0.4) is 0 Å². The van der Waals surface area contributed by atoms with Crippen molar-refractivity contribution in [3.05, 3.63) is 38.9 Å². The van der Waals surface area contributed by atoms with E-state index >= 15 is 0 Å². The molecule has 1 rings (SSSR count). The smallest absolute Gasteiger partial charge is 0.323 e. The van der Waals surface area contributed by atoms with Crippen molar-refractivity contribution in [2.45, 2.75) is 0 Å². The topological polar surface area (TPSA) is 101 Å². The number of rotatable bonds is 4. The number of nitro benzene ring substituents is 1. The molecule has 0 atom stereocenters. The van der Waals surface area contributed by atoms with Gasteiger partial charge in [0.05, 0.1) is 4.92 Å². The molecular weight excluding hydrogens is 264 g/mol. The van der Waals surface area contributed by atoms with Gasteiger partial charge in [-0.3, -0.25) is 19.7 Å².